The molecule has 0 radical (unpaired) electrons. The van der Waals surface area contributed by atoms with Crippen molar-refractivity contribution >= 4 is 40.2 Å². The van der Waals surface area contributed by atoms with Crippen LogP contribution in [-0.2, 0) is 25.5 Å². The number of likely N-dealkylation sites (tertiary alicyclic amines) is 1. The van der Waals surface area contributed by atoms with Crippen molar-refractivity contribution in [2.45, 2.75) is 121 Å². The molecule has 1 heterocycles. The Kier molecular flexibility index (Phi) is 15.4. The minimum Gasteiger partial charge on any atom is -0.449 e. The van der Waals surface area contributed by atoms with Gasteiger partial charge in [0, 0.05) is 30.3 Å². The van der Waals surface area contributed by atoms with Gasteiger partial charge in [0.05, 0.1) is 6.61 Å². The van der Waals surface area contributed by atoms with Gasteiger partial charge in [-0.15, -0.1) is 0 Å². The first-order valence-electron chi connectivity index (χ1n) is 17.1. The van der Waals surface area contributed by atoms with Gasteiger partial charge in [-0.1, -0.05) is 52.8 Å². The Balaban J connectivity index is 1.80. The average molecular weight is 717 g/mol. The fourth-order valence-corrected chi connectivity index (χ4v) is 8.60. The fraction of sp³-hybridized carbons (Fsp3) is 0.686. The standard InChI is InChI=1S/C35H52F4N4O5S/c1-20(2)19-48-35(47)42-31(21(3)4)34(46)43-18-24(49(6)23-10-8-7-9-11-23)16-29(43)33(45)41-28(17-30(38)39)32(44)40-13-12-25-26(36)14-22(5)15-27(25)37/h14-15,20-21,23-24,28-31H,6-13,16-19H2,1-5H3,(H,40,44)(H,41,45)(H,42,47)/t24-,28+,29?,31+,49?/m1/s1. The number of amides is 4. The third-order valence-electron chi connectivity index (χ3n) is 9.02. The van der Waals surface area contributed by atoms with Crippen LogP contribution in [0.15, 0.2) is 12.1 Å². The smallest absolute Gasteiger partial charge is 0.407 e. The van der Waals surface area contributed by atoms with E-state index in [2.05, 4.69) is 21.8 Å². The van der Waals surface area contributed by atoms with E-state index in [0.717, 1.165) is 44.2 Å². The molecule has 276 valence electrons. The number of nitrogens with one attached hydrogen (secondary N) is 3. The van der Waals surface area contributed by atoms with Gasteiger partial charge in [-0.3, -0.25) is 14.4 Å². The quantitative estimate of drug-likeness (QED) is 0.164. The maximum absolute atomic E-state index is 14.3. The van der Waals surface area contributed by atoms with Crippen LogP contribution in [0.4, 0.5) is 22.4 Å². The number of benzene rings is 1. The summed E-state index contributed by atoms with van der Waals surface area (Å²) in [7, 11) is -0.404. The zero-order valence-electron chi connectivity index (χ0n) is 29.2. The predicted molar refractivity (Wildman–Crippen MR) is 184 cm³/mol. The number of carbonyl (C=O) groups is 4. The largest absolute Gasteiger partial charge is 0.449 e. The van der Waals surface area contributed by atoms with Gasteiger partial charge in [-0.2, -0.15) is 10.5 Å². The SMILES string of the molecule is C=S(C1CCCCC1)[C@@H]1CC(C(=O)N[C@@H](CC(F)F)C(=O)NCCc2c(F)cc(C)cc2F)N(C(=O)[C@@H](NC(=O)OCC(C)C)C(C)C)C1. The highest BCUT2D eigenvalue weighted by atomic mass is 32.2. The monoisotopic (exact) mass is 716 g/mol. The third-order valence-corrected chi connectivity index (χ3v) is 11.5. The van der Waals surface area contributed by atoms with Crippen LogP contribution in [0, 0.1) is 30.4 Å². The Morgan fingerprint density at radius 2 is 1.63 bits per heavy atom. The highest BCUT2D eigenvalue weighted by Gasteiger charge is 2.45. The zero-order valence-corrected chi connectivity index (χ0v) is 30.0. The number of carbonyl (C=O) groups excluding carboxylic acids is 4. The number of aryl methyl sites for hydroxylation is 1. The van der Waals surface area contributed by atoms with Gasteiger partial charge in [0.15, 0.2) is 0 Å². The number of alkyl carbamates (subject to hydrolysis) is 1. The lowest BCUT2D eigenvalue weighted by molar-refractivity contribution is -0.141. The molecule has 1 aromatic rings. The van der Waals surface area contributed by atoms with Crippen molar-refractivity contribution in [3.8, 4) is 0 Å². The van der Waals surface area contributed by atoms with Crippen LogP contribution in [0.5, 0.6) is 0 Å². The minimum atomic E-state index is -2.96. The molecule has 3 rings (SSSR count). The Hall–Kier alpha value is -3.16. The molecule has 2 fully saturated rings. The van der Waals surface area contributed by atoms with Crippen LogP contribution in [0.25, 0.3) is 0 Å². The molecule has 9 nitrogen and oxygen atoms in total. The highest BCUT2D eigenvalue weighted by molar-refractivity contribution is 8.15. The lowest BCUT2D eigenvalue weighted by Crippen LogP contribution is -2.57. The Labute approximate surface area is 289 Å². The maximum Gasteiger partial charge on any atom is 0.407 e. The number of hydrogen-bond acceptors (Lipinski definition) is 5. The van der Waals surface area contributed by atoms with Crippen LogP contribution < -0.4 is 16.0 Å². The summed E-state index contributed by atoms with van der Waals surface area (Å²) < 4.78 is 61.1. The molecule has 2 aliphatic rings. The highest BCUT2D eigenvalue weighted by Crippen LogP contribution is 2.41. The number of alkyl halides is 2. The van der Waals surface area contributed by atoms with Gasteiger partial charge in [0.2, 0.25) is 24.1 Å². The molecule has 0 spiro atoms. The van der Waals surface area contributed by atoms with E-state index in [1.54, 1.807) is 13.8 Å². The van der Waals surface area contributed by atoms with Crippen molar-refractivity contribution in [1.82, 2.24) is 20.9 Å². The van der Waals surface area contributed by atoms with E-state index >= 15 is 0 Å². The van der Waals surface area contributed by atoms with E-state index in [0.29, 0.717) is 10.8 Å². The van der Waals surface area contributed by atoms with Gasteiger partial charge in [0.25, 0.3) is 0 Å². The zero-order chi connectivity index (χ0) is 36.4. The van der Waals surface area contributed by atoms with E-state index in [-0.39, 0.29) is 55.2 Å². The molecule has 0 aromatic heterocycles. The van der Waals surface area contributed by atoms with Crippen LogP contribution in [0.2, 0.25) is 0 Å². The second-order valence-corrected chi connectivity index (χ2v) is 16.2. The van der Waals surface area contributed by atoms with E-state index in [4.69, 9.17) is 4.74 Å². The molecular formula is C35H52F4N4O5S. The van der Waals surface area contributed by atoms with Crippen molar-refractivity contribution in [2.24, 2.45) is 11.8 Å². The molecule has 3 N–H and O–H groups in total. The second kappa shape index (κ2) is 18.7. The second-order valence-electron chi connectivity index (χ2n) is 13.9. The molecule has 14 heteroatoms. The molecular weight excluding hydrogens is 664 g/mol. The molecule has 1 aliphatic carbocycles. The lowest BCUT2D eigenvalue weighted by Gasteiger charge is -2.31. The third kappa shape index (κ3) is 11.7. The summed E-state index contributed by atoms with van der Waals surface area (Å²) >= 11 is 0. The molecule has 4 amide bonds. The minimum absolute atomic E-state index is 0.0736. The molecule has 1 saturated heterocycles. The molecule has 49 heavy (non-hydrogen) atoms. The Bertz CT molecular complexity index is 1320. The van der Waals surface area contributed by atoms with Crippen molar-refractivity contribution < 1.29 is 41.5 Å². The van der Waals surface area contributed by atoms with Crippen LogP contribution in [-0.4, -0.2) is 89.3 Å². The van der Waals surface area contributed by atoms with E-state index in [9.17, 15) is 36.7 Å². The van der Waals surface area contributed by atoms with Crippen molar-refractivity contribution in [2.75, 3.05) is 19.7 Å². The topological polar surface area (TPSA) is 117 Å². The first-order valence-corrected chi connectivity index (χ1v) is 18.7. The van der Waals surface area contributed by atoms with Crippen LogP contribution in [0.1, 0.15) is 83.8 Å². The molecule has 1 aliphatic heterocycles. The number of ether oxygens (including phenoxy) is 1. The van der Waals surface area contributed by atoms with Gasteiger partial charge < -0.3 is 25.6 Å². The summed E-state index contributed by atoms with van der Waals surface area (Å²) in [6, 6.07) is -1.49. The van der Waals surface area contributed by atoms with Gasteiger partial charge >= 0.3 is 6.09 Å². The molecule has 2 unspecified atom stereocenters. The van der Waals surface area contributed by atoms with Crippen LogP contribution >= 0.6 is 10.5 Å². The maximum atomic E-state index is 14.3. The number of hydrogen-bond donors (Lipinski definition) is 3. The van der Waals surface area contributed by atoms with Crippen molar-refractivity contribution in [3.05, 3.63) is 34.9 Å². The van der Waals surface area contributed by atoms with Gasteiger partial charge in [-0.25, -0.2) is 22.4 Å². The van der Waals surface area contributed by atoms with Crippen molar-refractivity contribution in [1.29, 1.82) is 0 Å². The Morgan fingerprint density at radius 3 is 2.20 bits per heavy atom. The summed E-state index contributed by atoms with van der Waals surface area (Å²) in [5.41, 5.74) is 0.129. The average Bonchev–Trinajstić information content (AvgIpc) is 3.48. The number of nitrogens with zero attached hydrogens (tertiary/aromatic N) is 1. The molecule has 0 bridgehead atoms. The fourth-order valence-electron chi connectivity index (χ4n) is 6.33. The van der Waals surface area contributed by atoms with E-state index in [1.807, 2.05) is 13.8 Å². The normalized spacial score (nSPS) is 20.3. The predicted octanol–water partition coefficient (Wildman–Crippen LogP) is 5.48. The first-order chi connectivity index (χ1) is 23.1. The van der Waals surface area contributed by atoms with Crippen molar-refractivity contribution in [3.63, 3.8) is 0 Å². The number of rotatable bonds is 15. The van der Waals surface area contributed by atoms with E-state index < -0.39 is 76.9 Å². The lowest BCUT2D eigenvalue weighted by atomic mass is 10.0. The van der Waals surface area contributed by atoms with Gasteiger partial charge in [0.1, 0.15) is 29.8 Å². The summed E-state index contributed by atoms with van der Waals surface area (Å²) in [5.74, 6) is 0.341. The summed E-state index contributed by atoms with van der Waals surface area (Å²) in [4.78, 5) is 54.9. The summed E-state index contributed by atoms with van der Waals surface area (Å²) in [6.07, 6.45) is 0.552. The first kappa shape index (κ1) is 40.3. The number of halogens is 4. The van der Waals surface area contributed by atoms with Gasteiger partial charge in [-0.05, 0) is 67.4 Å². The molecule has 1 saturated carbocycles. The molecule has 1 aromatic carbocycles. The summed E-state index contributed by atoms with van der Waals surface area (Å²) in [6.45, 7) is 8.85. The Morgan fingerprint density at radius 1 is 1.00 bits per heavy atom. The van der Waals surface area contributed by atoms with Crippen LogP contribution in [0.3, 0.4) is 0 Å². The van der Waals surface area contributed by atoms with E-state index in [1.165, 1.54) is 11.8 Å². The summed E-state index contributed by atoms with van der Waals surface area (Å²) in [5, 5.41) is 7.66. The molecule has 5 atom stereocenters.